The van der Waals surface area contributed by atoms with Crippen molar-refractivity contribution in [2.75, 3.05) is 6.61 Å². The van der Waals surface area contributed by atoms with Crippen LogP contribution in [0.2, 0.25) is 0 Å². The van der Waals surface area contributed by atoms with E-state index in [1.807, 2.05) is 12.1 Å². The molecule has 0 spiro atoms. The van der Waals surface area contributed by atoms with Crippen molar-refractivity contribution in [1.29, 1.82) is 0 Å². The zero-order chi connectivity index (χ0) is 11.2. The Morgan fingerprint density at radius 2 is 1.25 bits per heavy atom. The van der Waals surface area contributed by atoms with Crippen LogP contribution in [0.1, 0.15) is 6.92 Å². The monoisotopic (exact) mass is 227 g/mol. The topological polar surface area (TPSA) is 9.23 Å². The van der Waals surface area contributed by atoms with E-state index in [4.69, 9.17) is 4.43 Å². The maximum absolute atomic E-state index is 5.92. The molecule has 0 fully saturated rings. The Balaban J connectivity index is 2.31. The van der Waals surface area contributed by atoms with Gasteiger partial charge in [0.15, 0.2) is 0 Å². The lowest BCUT2D eigenvalue weighted by molar-refractivity contribution is 0.358. The molecule has 0 aliphatic carbocycles. The third-order valence-electron chi connectivity index (χ3n) is 2.36. The number of hydrogen-bond donors (Lipinski definition) is 0. The molecular weight excluding hydrogens is 212 g/mol. The summed E-state index contributed by atoms with van der Waals surface area (Å²) in [5, 5.41) is 2.61. The molecule has 0 aromatic heterocycles. The summed E-state index contributed by atoms with van der Waals surface area (Å²) in [6.45, 7) is 2.81. The van der Waals surface area contributed by atoms with E-state index in [0.29, 0.717) is 0 Å². The van der Waals surface area contributed by atoms with Crippen LogP contribution in [0.4, 0.5) is 0 Å². The average molecular weight is 227 g/mol. The SMILES string of the molecule is CCO[Si](c1ccccc1)c1ccccc1. The predicted octanol–water partition coefficient (Wildman–Crippen LogP) is 1.83. The molecule has 0 amide bonds. The van der Waals surface area contributed by atoms with E-state index < -0.39 is 9.04 Å². The van der Waals surface area contributed by atoms with Crippen LogP contribution in [0.5, 0.6) is 0 Å². The Morgan fingerprint density at radius 3 is 1.62 bits per heavy atom. The lowest BCUT2D eigenvalue weighted by Gasteiger charge is -2.14. The van der Waals surface area contributed by atoms with E-state index in [1.165, 1.54) is 10.4 Å². The van der Waals surface area contributed by atoms with Gasteiger partial charge in [0.05, 0.1) is 0 Å². The third-order valence-corrected chi connectivity index (χ3v) is 4.65. The van der Waals surface area contributed by atoms with E-state index in [2.05, 4.69) is 55.5 Å². The summed E-state index contributed by atoms with van der Waals surface area (Å²) < 4.78 is 5.92. The number of benzene rings is 2. The fraction of sp³-hybridized carbons (Fsp3) is 0.143. The lowest BCUT2D eigenvalue weighted by Crippen LogP contribution is -2.44. The van der Waals surface area contributed by atoms with Gasteiger partial charge in [-0.1, -0.05) is 60.7 Å². The van der Waals surface area contributed by atoms with Crippen LogP contribution in [0.25, 0.3) is 0 Å². The van der Waals surface area contributed by atoms with Gasteiger partial charge in [0, 0.05) is 6.61 Å². The highest BCUT2D eigenvalue weighted by Crippen LogP contribution is 1.94. The van der Waals surface area contributed by atoms with Crippen LogP contribution in [0.15, 0.2) is 60.7 Å². The molecule has 1 nitrogen and oxygen atoms in total. The summed E-state index contributed by atoms with van der Waals surface area (Å²) in [6.07, 6.45) is 0. The summed E-state index contributed by atoms with van der Waals surface area (Å²) in [4.78, 5) is 0. The van der Waals surface area contributed by atoms with Crippen molar-refractivity contribution in [3.05, 3.63) is 60.7 Å². The zero-order valence-electron chi connectivity index (χ0n) is 9.39. The second-order valence-corrected chi connectivity index (χ2v) is 5.60. The van der Waals surface area contributed by atoms with Crippen molar-refractivity contribution in [1.82, 2.24) is 0 Å². The van der Waals surface area contributed by atoms with E-state index in [9.17, 15) is 0 Å². The van der Waals surface area contributed by atoms with Crippen LogP contribution in [0, 0.1) is 0 Å². The van der Waals surface area contributed by atoms with E-state index >= 15 is 0 Å². The summed E-state index contributed by atoms with van der Waals surface area (Å²) in [5.41, 5.74) is 0. The maximum Gasteiger partial charge on any atom is 0.282 e. The fourth-order valence-corrected chi connectivity index (χ4v) is 3.60. The first-order valence-electron chi connectivity index (χ1n) is 5.52. The third kappa shape index (κ3) is 2.59. The summed E-state index contributed by atoms with van der Waals surface area (Å²) in [5.74, 6) is 0. The minimum Gasteiger partial charge on any atom is -0.408 e. The van der Waals surface area contributed by atoms with Crippen molar-refractivity contribution in [2.45, 2.75) is 6.92 Å². The van der Waals surface area contributed by atoms with Crippen LogP contribution in [0.3, 0.4) is 0 Å². The number of hydrogen-bond acceptors (Lipinski definition) is 1. The van der Waals surface area contributed by atoms with E-state index in [-0.39, 0.29) is 0 Å². The molecule has 0 N–H and O–H groups in total. The van der Waals surface area contributed by atoms with Gasteiger partial charge in [-0.3, -0.25) is 0 Å². The molecule has 0 heterocycles. The molecular formula is C14H15OSi. The second-order valence-electron chi connectivity index (χ2n) is 3.49. The predicted molar refractivity (Wildman–Crippen MR) is 69.5 cm³/mol. The molecule has 2 heteroatoms. The first kappa shape index (κ1) is 11.1. The Hall–Kier alpha value is -1.38. The van der Waals surface area contributed by atoms with Crippen LogP contribution >= 0.6 is 0 Å². The molecule has 81 valence electrons. The van der Waals surface area contributed by atoms with Gasteiger partial charge >= 0.3 is 0 Å². The largest absolute Gasteiger partial charge is 0.408 e. The van der Waals surface area contributed by atoms with Crippen LogP contribution in [-0.4, -0.2) is 15.6 Å². The zero-order valence-corrected chi connectivity index (χ0v) is 10.4. The lowest BCUT2D eigenvalue weighted by atomic mass is 10.4. The highest BCUT2D eigenvalue weighted by Gasteiger charge is 2.17. The first-order valence-corrected chi connectivity index (χ1v) is 6.93. The van der Waals surface area contributed by atoms with Crippen LogP contribution in [-0.2, 0) is 4.43 Å². The van der Waals surface area contributed by atoms with Crippen molar-refractivity contribution in [3.63, 3.8) is 0 Å². The average Bonchev–Trinajstić information content (AvgIpc) is 2.38. The molecule has 2 aromatic rings. The van der Waals surface area contributed by atoms with Crippen LogP contribution < -0.4 is 10.4 Å². The quantitative estimate of drug-likeness (QED) is 0.724. The van der Waals surface area contributed by atoms with Gasteiger partial charge in [-0.2, -0.15) is 0 Å². The molecule has 0 saturated carbocycles. The highest BCUT2D eigenvalue weighted by atomic mass is 28.3. The summed E-state index contributed by atoms with van der Waals surface area (Å²) in [7, 11) is -1.05. The molecule has 0 atom stereocenters. The Kier molecular flexibility index (Phi) is 3.91. The first-order chi connectivity index (χ1) is 7.92. The van der Waals surface area contributed by atoms with Crippen molar-refractivity contribution < 1.29 is 4.43 Å². The molecule has 2 rings (SSSR count). The minimum atomic E-state index is -1.05. The van der Waals surface area contributed by atoms with Gasteiger partial charge in [-0.25, -0.2) is 0 Å². The summed E-state index contributed by atoms with van der Waals surface area (Å²) >= 11 is 0. The molecule has 0 aliphatic rings. The smallest absolute Gasteiger partial charge is 0.282 e. The van der Waals surface area contributed by atoms with Gasteiger partial charge in [0.25, 0.3) is 9.04 Å². The van der Waals surface area contributed by atoms with Crippen molar-refractivity contribution in [2.24, 2.45) is 0 Å². The molecule has 0 bridgehead atoms. The molecule has 0 saturated heterocycles. The van der Waals surface area contributed by atoms with Gasteiger partial charge in [0.2, 0.25) is 0 Å². The fourth-order valence-electron chi connectivity index (χ4n) is 1.66. The Morgan fingerprint density at radius 1 is 0.812 bits per heavy atom. The van der Waals surface area contributed by atoms with Gasteiger partial charge in [-0.05, 0) is 17.3 Å². The second kappa shape index (κ2) is 5.63. The summed E-state index contributed by atoms with van der Waals surface area (Å²) in [6, 6.07) is 21.0. The number of rotatable bonds is 4. The van der Waals surface area contributed by atoms with Gasteiger partial charge in [0.1, 0.15) is 0 Å². The molecule has 1 radical (unpaired) electrons. The van der Waals surface area contributed by atoms with Crippen molar-refractivity contribution >= 4 is 19.4 Å². The molecule has 0 unspecified atom stereocenters. The van der Waals surface area contributed by atoms with E-state index in [0.717, 1.165) is 6.61 Å². The molecule has 16 heavy (non-hydrogen) atoms. The maximum atomic E-state index is 5.92. The van der Waals surface area contributed by atoms with Gasteiger partial charge in [-0.15, -0.1) is 0 Å². The molecule has 2 aromatic carbocycles. The van der Waals surface area contributed by atoms with Crippen molar-refractivity contribution in [3.8, 4) is 0 Å². The Bertz CT molecular complexity index is 374. The standard InChI is InChI=1S/C14H15OSi/c1-2-15-16(13-9-5-3-6-10-13)14-11-7-4-8-12-14/h3-12H,2H2,1H3. The minimum absolute atomic E-state index is 0.762. The Labute approximate surface area is 98.4 Å². The normalized spacial score (nSPS) is 10.6. The van der Waals surface area contributed by atoms with Gasteiger partial charge < -0.3 is 4.43 Å². The van der Waals surface area contributed by atoms with E-state index in [1.54, 1.807) is 0 Å². The highest BCUT2D eigenvalue weighted by molar-refractivity contribution is 6.80. The molecule has 0 aliphatic heterocycles.